The number of carbonyl (C=O) groups is 3. The second kappa shape index (κ2) is 6.53. The first-order valence-corrected chi connectivity index (χ1v) is 5.82. The lowest BCUT2D eigenvalue weighted by molar-refractivity contribution is -0.131. The third kappa shape index (κ3) is 4.42. The van der Waals surface area contributed by atoms with Crippen LogP contribution in [-0.4, -0.2) is 23.8 Å². The lowest BCUT2D eigenvalue weighted by Crippen LogP contribution is -2.43. The molecule has 1 aromatic carbocycles. The van der Waals surface area contributed by atoms with Gasteiger partial charge in [0.1, 0.15) is 11.8 Å². The molecule has 1 rings (SSSR count). The summed E-state index contributed by atoms with van der Waals surface area (Å²) in [4.78, 5) is 33.8. The molecule has 6 heteroatoms. The quantitative estimate of drug-likeness (QED) is 0.601. The zero-order valence-corrected chi connectivity index (χ0v) is 10.8. The molecule has 6 nitrogen and oxygen atoms in total. The van der Waals surface area contributed by atoms with Gasteiger partial charge in [-0.2, -0.15) is 0 Å². The number of rotatable bonds is 5. The highest BCUT2D eigenvalue weighted by Gasteiger charge is 2.17. The van der Waals surface area contributed by atoms with Crippen LogP contribution in [0.3, 0.4) is 0 Å². The van der Waals surface area contributed by atoms with Gasteiger partial charge in [-0.05, 0) is 24.6 Å². The van der Waals surface area contributed by atoms with E-state index in [0.717, 1.165) is 0 Å². The van der Waals surface area contributed by atoms with E-state index in [1.807, 2.05) is 0 Å². The standard InChI is InChI=1S/C13H16N2O4/c1-3-11(12(14)17)15-13(18)9-5-4-6-10(7-9)19-8(2)16/h4-7,11H,3H2,1-2H3,(H2,14,17)(H,15,18)/t11-/m1/s1. The highest BCUT2D eigenvalue weighted by atomic mass is 16.5. The highest BCUT2D eigenvalue weighted by molar-refractivity contribution is 5.97. The van der Waals surface area contributed by atoms with Gasteiger partial charge in [0.25, 0.3) is 5.91 Å². The maximum atomic E-state index is 11.9. The van der Waals surface area contributed by atoms with E-state index >= 15 is 0 Å². The number of nitrogens with one attached hydrogen (secondary N) is 1. The molecule has 19 heavy (non-hydrogen) atoms. The largest absolute Gasteiger partial charge is 0.427 e. The van der Waals surface area contributed by atoms with Crippen LogP contribution in [0, 0.1) is 0 Å². The van der Waals surface area contributed by atoms with Gasteiger partial charge in [-0.1, -0.05) is 13.0 Å². The topological polar surface area (TPSA) is 98.5 Å². The normalized spacial score (nSPS) is 11.5. The Kier molecular flexibility index (Phi) is 5.05. The van der Waals surface area contributed by atoms with Crippen molar-refractivity contribution in [3.63, 3.8) is 0 Å². The van der Waals surface area contributed by atoms with Gasteiger partial charge in [0.05, 0.1) is 0 Å². The van der Waals surface area contributed by atoms with Crippen LogP contribution in [0.15, 0.2) is 24.3 Å². The van der Waals surface area contributed by atoms with Crippen molar-refractivity contribution in [1.82, 2.24) is 5.32 Å². The van der Waals surface area contributed by atoms with Crippen LogP contribution in [0.2, 0.25) is 0 Å². The van der Waals surface area contributed by atoms with Crippen LogP contribution >= 0.6 is 0 Å². The summed E-state index contributed by atoms with van der Waals surface area (Å²) in [6.07, 6.45) is 0.407. The molecule has 2 amide bonds. The Morgan fingerprint density at radius 2 is 2.05 bits per heavy atom. The van der Waals surface area contributed by atoms with E-state index in [9.17, 15) is 14.4 Å². The molecule has 0 fully saturated rings. The SMILES string of the molecule is CC[C@@H](NC(=O)c1cccc(OC(C)=O)c1)C(N)=O. The fraction of sp³-hybridized carbons (Fsp3) is 0.308. The van der Waals surface area contributed by atoms with Crippen LogP contribution in [0.1, 0.15) is 30.6 Å². The number of nitrogens with two attached hydrogens (primary N) is 1. The molecule has 1 aromatic rings. The zero-order valence-electron chi connectivity index (χ0n) is 10.8. The molecular weight excluding hydrogens is 248 g/mol. The fourth-order valence-electron chi connectivity index (χ4n) is 1.48. The van der Waals surface area contributed by atoms with E-state index < -0.39 is 23.8 Å². The molecule has 0 aliphatic heterocycles. The molecule has 0 aromatic heterocycles. The predicted molar refractivity (Wildman–Crippen MR) is 68.5 cm³/mol. The Labute approximate surface area is 110 Å². The van der Waals surface area contributed by atoms with Gasteiger partial charge in [0.15, 0.2) is 0 Å². The van der Waals surface area contributed by atoms with E-state index in [-0.39, 0.29) is 5.75 Å². The van der Waals surface area contributed by atoms with Crippen molar-refractivity contribution in [3.8, 4) is 5.75 Å². The van der Waals surface area contributed by atoms with Crippen molar-refractivity contribution in [2.24, 2.45) is 5.73 Å². The van der Waals surface area contributed by atoms with Crippen LogP contribution in [0.4, 0.5) is 0 Å². The summed E-state index contributed by atoms with van der Waals surface area (Å²) in [5, 5.41) is 2.51. The molecule has 0 saturated heterocycles. The Balaban J connectivity index is 2.82. The monoisotopic (exact) mass is 264 g/mol. The lowest BCUT2D eigenvalue weighted by atomic mass is 10.1. The summed E-state index contributed by atoms with van der Waals surface area (Å²) in [6, 6.07) is 5.40. The van der Waals surface area contributed by atoms with E-state index in [1.165, 1.54) is 13.0 Å². The number of esters is 1. The second-order valence-electron chi connectivity index (χ2n) is 3.96. The van der Waals surface area contributed by atoms with E-state index in [2.05, 4.69) is 5.32 Å². The molecule has 0 radical (unpaired) electrons. The third-order valence-corrected chi connectivity index (χ3v) is 2.41. The summed E-state index contributed by atoms with van der Waals surface area (Å²) in [5.74, 6) is -1.24. The van der Waals surface area contributed by atoms with Crippen molar-refractivity contribution in [2.45, 2.75) is 26.3 Å². The smallest absolute Gasteiger partial charge is 0.308 e. The van der Waals surface area contributed by atoms with Crippen LogP contribution in [0.5, 0.6) is 5.75 Å². The van der Waals surface area contributed by atoms with Gasteiger partial charge < -0.3 is 15.8 Å². The lowest BCUT2D eigenvalue weighted by Gasteiger charge is -2.13. The first kappa shape index (κ1) is 14.7. The Hall–Kier alpha value is -2.37. The van der Waals surface area contributed by atoms with Crippen molar-refractivity contribution in [1.29, 1.82) is 0 Å². The van der Waals surface area contributed by atoms with Crippen molar-refractivity contribution in [2.75, 3.05) is 0 Å². The molecular formula is C13H16N2O4. The van der Waals surface area contributed by atoms with Gasteiger partial charge in [0.2, 0.25) is 5.91 Å². The zero-order chi connectivity index (χ0) is 14.4. The summed E-state index contributed by atoms with van der Waals surface area (Å²) >= 11 is 0. The van der Waals surface area contributed by atoms with Gasteiger partial charge in [0, 0.05) is 12.5 Å². The molecule has 0 bridgehead atoms. The third-order valence-electron chi connectivity index (χ3n) is 2.41. The Morgan fingerprint density at radius 3 is 2.58 bits per heavy atom. The number of hydrogen-bond donors (Lipinski definition) is 2. The minimum absolute atomic E-state index is 0.271. The second-order valence-corrected chi connectivity index (χ2v) is 3.96. The molecule has 0 heterocycles. The van der Waals surface area contributed by atoms with Crippen molar-refractivity contribution >= 4 is 17.8 Å². The van der Waals surface area contributed by atoms with E-state index in [4.69, 9.17) is 10.5 Å². The fourth-order valence-corrected chi connectivity index (χ4v) is 1.48. The molecule has 102 valence electrons. The number of carbonyl (C=O) groups excluding carboxylic acids is 3. The number of hydrogen-bond acceptors (Lipinski definition) is 4. The Morgan fingerprint density at radius 1 is 1.37 bits per heavy atom. The molecule has 3 N–H and O–H groups in total. The molecule has 0 aliphatic carbocycles. The predicted octanol–water partition coefficient (Wildman–Crippen LogP) is 0.606. The maximum absolute atomic E-state index is 11.9. The van der Waals surface area contributed by atoms with E-state index in [0.29, 0.717) is 12.0 Å². The number of primary amides is 1. The Bertz CT molecular complexity index is 499. The van der Waals surface area contributed by atoms with E-state index in [1.54, 1.807) is 25.1 Å². The van der Waals surface area contributed by atoms with Gasteiger partial charge >= 0.3 is 5.97 Å². The molecule has 0 aliphatic rings. The minimum atomic E-state index is -0.718. The molecule has 0 saturated carbocycles. The average molecular weight is 264 g/mol. The first-order valence-electron chi connectivity index (χ1n) is 5.82. The minimum Gasteiger partial charge on any atom is -0.427 e. The van der Waals surface area contributed by atoms with Crippen LogP contribution in [-0.2, 0) is 9.59 Å². The molecule has 0 spiro atoms. The molecule has 0 unspecified atom stereocenters. The summed E-state index contributed by atoms with van der Waals surface area (Å²) in [7, 11) is 0. The van der Waals surface area contributed by atoms with Crippen LogP contribution < -0.4 is 15.8 Å². The molecule has 1 atom stereocenters. The van der Waals surface area contributed by atoms with Crippen molar-refractivity contribution < 1.29 is 19.1 Å². The van der Waals surface area contributed by atoms with Gasteiger partial charge in [-0.3, -0.25) is 14.4 Å². The number of benzene rings is 1. The average Bonchev–Trinajstić information content (AvgIpc) is 2.34. The summed E-state index contributed by atoms with van der Waals surface area (Å²) in [5.41, 5.74) is 5.44. The first-order chi connectivity index (χ1) is 8.93. The summed E-state index contributed by atoms with van der Waals surface area (Å²) in [6.45, 7) is 3.01. The van der Waals surface area contributed by atoms with Gasteiger partial charge in [-0.15, -0.1) is 0 Å². The maximum Gasteiger partial charge on any atom is 0.308 e. The summed E-state index contributed by atoms with van der Waals surface area (Å²) < 4.78 is 4.87. The van der Waals surface area contributed by atoms with Gasteiger partial charge in [-0.25, -0.2) is 0 Å². The highest BCUT2D eigenvalue weighted by Crippen LogP contribution is 2.13. The van der Waals surface area contributed by atoms with Crippen LogP contribution in [0.25, 0.3) is 0 Å². The number of ether oxygens (including phenoxy) is 1. The number of amides is 2. The van der Waals surface area contributed by atoms with Crippen molar-refractivity contribution in [3.05, 3.63) is 29.8 Å².